The molecule has 0 aliphatic rings. The molecule has 0 bridgehead atoms. The maximum absolute atomic E-state index is 13.4. The molecule has 1 aromatic carbocycles. The summed E-state index contributed by atoms with van der Waals surface area (Å²) in [5.41, 5.74) is 5.08. The summed E-state index contributed by atoms with van der Waals surface area (Å²) in [6.45, 7) is 1.73. The highest BCUT2D eigenvalue weighted by Crippen LogP contribution is 2.18. The molecule has 6 heteroatoms. The molecule has 98 valence electrons. The van der Waals surface area contributed by atoms with Gasteiger partial charge in [0.1, 0.15) is 12.4 Å². The fraction of sp³-hybridized carbons (Fsp3) is 0.333. The van der Waals surface area contributed by atoms with E-state index in [1.807, 2.05) is 0 Å². The Morgan fingerprint density at radius 1 is 1.44 bits per heavy atom. The van der Waals surface area contributed by atoms with Crippen LogP contribution in [-0.2, 0) is 9.53 Å². The molecule has 1 aromatic rings. The fourth-order valence-electron chi connectivity index (χ4n) is 1.45. The zero-order valence-electron chi connectivity index (χ0n) is 9.98. The second kappa shape index (κ2) is 6.58. The van der Waals surface area contributed by atoms with Gasteiger partial charge < -0.3 is 15.8 Å². The number of hydrogen-bond donors (Lipinski definition) is 2. The largest absolute Gasteiger partial charge is 0.448 e. The van der Waals surface area contributed by atoms with Gasteiger partial charge in [0, 0.05) is 0 Å². The van der Waals surface area contributed by atoms with Gasteiger partial charge in [-0.3, -0.25) is 4.79 Å². The molecule has 0 spiro atoms. The number of carbonyl (C=O) groups is 2. The van der Waals surface area contributed by atoms with Gasteiger partial charge in [-0.15, -0.1) is 0 Å². The van der Waals surface area contributed by atoms with Gasteiger partial charge in [0.05, 0.1) is 12.5 Å². The van der Waals surface area contributed by atoms with E-state index in [0.717, 1.165) is 0 Å². The predicted molar refractivity (Wildman–Crippen MR) is 63.4 cm³/mol. The monoisotopic (exact) mass is 254 g/mol. The molecule has 0 heterocycles. The van der Waals surface area contributed by atoms with Crippen LogP contribution in [-0.4, -0.2) is 25.2 Å². The summed E-state index contributed by atoms with van der Waals surface area (Å²) in [5, 5.41) is 2.53. The summed E-state index contributed by atoms with van der Waals surface area (Å²) >= 11 is 0. The molecule has 2 amide bonds. The molecule has 0 saturated carbocycles. The minimum absolute atomic E-state index is 0.00886. The average molecular weight is 254 g/mol. The normalized spacial score (nSPS) is 11.7. The highest BCUT2D eigenvalue weighted by Gasteiger charge is 2.17. The van der Waals surface area contributed by atoms with E-state index in [-0.39, 0.29) is 19.1 Å². The summed E-state index contributed by atoms with van der Waals surface area (Å²) in [7, 11) is 0. The van der Waals surface area contributed by atoms with Crippen LogP contribution in [0, 0.1) is 5.82 Å². The molecule has 1 rings (SSSR count). The van der Waals surface area contributed by atoms with E-state index in [4.69, 9.17) is 5.73 Å². The van der Waals surface area contributed by atoms with Crippen LogP contribution in [0.1, 0.15) is 18.4 Å². The van der Waals surface area contributed by atoms with Gasteiger partial charge in [0.2, 0.25) is 5.91 Å². The van der Waals surface area contributed by atoms with Gasteiger partial charge in [-0.2, -0.15) is 0 Å². The molecule has 0 fully saturated rings. The number of benzene rings is 1. The van der Waals surface area contributed by atoms with Gasteiger partial charge >= 0.3 is 6.09 Å². The van der Waals surface area contributed by atoms with Gasteiger partial charge in [0.25, 0.3) is 0 Å². The lowest BCUT2D eigenvalue weighted by molar-refractivity contribution is -0.122. The minimum Gasteiger partial charge on any atom is -0.448 e. The summed E-state index contributed by atoms with van der Waals surface area (Å²) in [6, 6.07) is 6.08. The van der Waals surface area contributed by atoms with E-state index in [2.05, 4.69) is 10.1 Å². The highest BCUT2D eigenvalue weighted by molar-refractivity contribution is 5.83. The zero-order chi connectivity index (χ0) is 13.5. The molecule has 0 radical (unpaired) electrons. The molecule has 0 aliphatic carbocycles. The van der Waals surface area contributed by atoms with Gasteiger partial charge in [-0.25, -0.2) is 9.18 Å². The Hall–Kier alpha value is -2.11. The first-order valence-electron chi connectivity index (χ1n) is 5.46. The van der Waals surface area contributed by atoms with Crippen LogP contribution in [0.2, 0.25) is 0 Å². The third kappa shape index (κ3) is 4.04. The minimum atomic E-state index is -0.897. The Balaban J connectivity index is 2.47. The van der Waals surface area contributed by atoms with Crippen molar-refractivity contribution in [1.82, 2.24) is 5.32 Å². The summed E-state index contributed by atoms with van der Waals surface area (Å²) < 4.78 is 17.9. The first-order chi connectivity index (χ1) is 8.52. The van der Waals surface area contributed by atoms with Crippen LogP contribution in [0.5, 0.6) is 0 Å². The quantitative estimate of drug-likeness (QED) is 0.773. The van der Waals surface area contributed by atoms with Crippen molar-refractivity contribution in [2.45, 2.75) is 12.8 Å². The lowest BCUT2D eigenvalue weighted by Gasteiger charge is -2.13. The first kappa shape index (κ1) is 14.0. The fourth-order valence-corrected chi connectivity index (χ4v) is 1.45. The number of rotatable bonds is 5. The first-order valence-corrected chi connectivity index (χ1v) is 5.46. The number of ether oxygens (including phenoxy) is 1. The predicted octanol–water partition coefficient (Wildman–Crippen LogP) is 1.14. The molecule has 1 atom stereocenters. The number of primary amides is 1. The Bertz CT molecular complexity index is 437. The van der Waals surface area contributed by atoms with E-state index in [1.54, 1.807) is 25.1 Å². The zero-order valence-corrected chi connectivity index (χ0v) is 9.98. The van der Waals surface area contributed by atoms with Crippen molar-refractivity contribution in [2.75, 3.05) is 13.2 Å². The Morgan fingerprint density at radius 3 is 2.72 bits per heavy atom. The van der Waals surface area contributed by atoms with Crippen molar-refractivity contribution >= 4 is 12.0 Å². The average Bonchev–Trinajstić information content (AvgIpc) is 2.34. The molecular weight excluding hydrogens is 239 g/mol. The molecule has 0 aromatic heterocycles. The molecule has 3 N–H and O–H groups in total. The summed E-state index contributed by atoms with van der Waals surface area (Å²) in [4.78, 5) is 22.0. The summed E-state index contributed by atoms with van der Waals surface area (Å²) in [5.74, 6) is -1.37. The highest BCUT2D eigenvalue weighted by atomic mass is 19.1. The van der Waals surface area contributed by atoms with Crippen LogP contribution in [0.25, 0.3) is 0 Å². The number of nitrogens with one attached hydrogen (secondary N) is 1. The van der Waals surface area contributed by atoms with Crippen LogP contribution >= 0.6 is 0 Å². The molecule has 1 unspecified atom stereocenters. The van der Waals surface area contributed by atoms with E-state index >= 15 is 0 Å². The van der Waals surface area contributed by atoms with Gasteiger partial charge in [-0.05, 0) is 18.6 Å². The Kier molecular flexibility index (Phi) is 5.10. The third-order valence-corrected chi connectivity index (χ3v) is 2.41. The van der Waals surface area contributed by atoms with Crippen molar-refractivity contribution in [2.24, 2.45) is 5.73 Å². The molecule has 5 nitrogen and oxygen atoms in total. The van der Waals surface area contributed by atoms with Gasteiger partial charge in [0.15, 0.2) is 0 Å². The van der Waals surface area contributed by atoms with Crippen LogP contribution < -0.4 is 11.1 Å². The lowest BCUT2D eigenvalue weighted by Crippen LogP contribution is -2.32. The van der Waals surface area contributed by atoms with Gasteiger partial charge in [-0.1, -0.05) is 18.2 Å². The van der Waals surface area contributed by atoms with Crippen molar-refractivity contribution in [3.63, 3.8) is 0 Å². The maximum Gasteiger partial charge on any atom is 0.404 e. The van der Waals surface area contributed by atoms with Crippen LogP contribution in [0.3, 0.4) is 0 Å². The number of amides is 2. The number of halogens is 1. The van der Waals surface area contributed by atoms with Crippen molar-refractivity contribution in [1.29, 1.82) is 0 Å². The smallest absolute Gasteiger partial charge is 0.404 e. The number of nitrogens with two attached hydrogens (primary N) is 1. The van der Waals surface area contributed by atoms with E-state index in [1.165, 1.54) is 6.07 Å². The number of carbonyl (C=O) groups excluding carboxylic acids is 2. The second-order valence-electron chi connectivity index (χ2n) is 3.70. The SMILES string of the molecule is CC(C(=O)NCCOC(N)=O)c1ccccc1F. The Labute approximate surface area is 104 Å². The van der Waals surface area contributed by atoms with Crippen molar-refractivity contribution < 1.29 is 18.7 Å². The third-order valence-electron chi connectivity index (χ3n) is 2.41. The maximum atomic E-state index is 13.4. The number of hydrogen-bond acceptors (Lipinski definition) is 3. The molecular formula is C12H15FN2O3. The Morgan fingerprint density at radius 2 is 2.11 bits per heavy atom. The van der Waals surface area contributed by atoms with Crippen molar-refractivity contribution in [3.05, 3.63) is 35.6 Å². The van der Waals surface area contributed by atoms with E-state index in [9.17, 15) is 14.0 Å². The lowest BCUT2D eigenvalue weighted by atomic mass is 10.00. The molecule has 0 saturated heterocycles. The van der Waals surface area contributed by atoms with E-state index in [0.29, 0.717) is 5.56 Å². The van der Waals surface area contributed by atoms with Crippen LogP contribution in [0.15, 0.2) is 24.3 Å². The summed E-state index contributed by atoms with van der Waals surface area (Å²) in [6.07, 6.45) is -0.897. The van der Waals surface area contributed by atoms with Crippen molar-refractivity contribution in [3.8, 4) is 0 Å². The van der Waals surface area contributed by atoms with Crippen LogP contribution in [0.4, 0.5) is 9.18 Å². The topological polar surface area (TPSA) is 81.4 Å². The molecule has 0 aliphatic heterocycles. The molecule has 18 heavy (non-hydrogen) atoms. The second-order valence-corrected chi connectivity index (χ2v) is 3.70. The standard InChI is InChI=1S/C12H15FN2O3/c1-8(9-4-2-3-5-10(9)13)11(16)15-6-7-18-12(14)17/h2-5,8H,6-7H2,1H3,(H2,14,17)(H,15,16). The van der Waals surface area contributed by atoms with E-state index < -0.39 is 17.8 Å².